The van der Waals surface area contributed by atoms with E-state index in [0.29, 0.717) is 18.6 Å². The van der Waals surface area contributed by atoms with E-state index in [1.165, 1.54) is 36.4 Å². The molecule has 8 heteroatoms. The summed E-state index contributed by atoms with van der Waals surface area (Å²) in [6.07, 6.45) is 1.64. The first-order valence-electron chi connectivity index (χ1n) is 8.98. The predicted octanol–water partition coefficient (Wildman–Crippen LogP) is 2.63. The maximum absolute atomic E-state index is 13.0. The summed E-state index contributed by atoms with van der Waals surface area (Å²) in [6, 6.07) is 9.31. The summed E-state index contributed by atoms with van der Waals surface area (Å²) in [7, 11) is 0. The number of amides is 4. The zero-order valence-corrected chi connectivity index (χ0v) is 15.6. The third-order valence-corrected chi connectivity index (χ3v) is 4.32. The maximum atomic E-state index is 13.0. The molecule has 1 saturated heterocycles. The topological polar surface area (TPSA) is 95.9 Å². The molecular formula is C21H19FN2O5. The van der Waals surface area contributed by atoms with Crippen LogP contribution in [0.3, 0.4) is 0 Å². The van der Waals surface area contributed by atoms with Gasteiger partial charge in [0, 0.05) is 6.54 Å². The highest BCUT2D eigenvalue weighted by atomic mass is 19.1. The Labute approximate surface area is 166 Å². The van der Waals surface area contributed by atoms with E-state index in [1.807, 2.05) is 0 Å². The van der Waals surface area contributed by atoms with Gasteiger partial charge in [-0.25, -0.2) is 9.18 Å². The van der Waals surface area contributed by atoms with E-state index in [0.717, 1.165) is 10.5 Å². The van der Waals surface area contributed by atoms with Crippen LogP contribution in [0.4, 0.5) is 9.18 Å². The summed E-state index contributed by atoms with van der Waals surface area (Å²) in [5.74, 6) is -1.76. The highest BCUT2D eigenvalue weighted by molar-refractivity contribution is 6.31. The van der Waals surface area contributed by atoms with Crippen LogP contribution in [0.15, 0.2) is 48.0 Å². The molecule has 2 N–H and O–H groups in total. The molecule has 0 bridgehead atoms. The van der Waals surface area contributed by atoms with E-state index in [9.17, 15) is 23.9 Å². The second-order valence-corrected chi connectivity index (χ2v) is 6.31. The van der Waals surface area contributed by atoms with Gasteiger partial charge in [-0.1, -0.05) is 18.2 Å². The Hall–Kier alpha value is -3.68. The molecule has 1 aliphatic rings. The summed E-state index contributed by atoms with van der Waals surface area (Å²) < 4.78 is 18.3. The van der Waals surface area contributed by atoms with Gasteiger partial charge in [0.25, 0.3) is 11.8 Å². The standard InChI is InChI=1S/C21H19FN2O5/c1-2-29-18-12-14(5-8-17(18)25)11-16-19(26)23-21(28)24(20(16)27)10-9-13-3-6-15(22)7-4-13/h3-8,11-12,25H,2,9-10H2,1H3,(H,23,26,28). The number of phenolic OH excluding ortho intramolecular Hbond substituents is 1. The van der Waals surface area contributed by atoms with Crippen LogP contribution in [0, 0.1) is 5.82 Å². The lowest BCUT2D eigenvalue weighted by Crippen LogP contribution is -2.54. The van der Waals surface area contributed by atoms with E-state index in [-0.39, 0.29) is 29.4 Å². The molecule has 1 heterocycles. The fourth-order valence-electron chi connectivity index (χ4n) is 2.85. The molecule has 0 unspecified atom stereocenters. The predicted molar refractivity (Wildman–Crippen MR) is 103 cm³/mol. The Morgan fingerprint density at radius 2 is 1.86 bits per heavy atom. The zero-order chi connectivity index (χ0) is 21.0. The van der Waals surface area contributed by atoms with Crippen molar-refractivity contribution < 1.29 is 28.6 Å². The second-order valence-electron chi connectivity index (χ2n) is 6.31. The van der Waals surface area contributed by atoms with E-state index in [2.05, 4.69) is 5.32 Å². The molecule has 7 nitrogen and oxygen atoms in total. The third-order valence-electron chi connectivity index (χ3n) is 4.32. The van der Waals surface area contributed by atoms with Gasteiger partial charge in [-0.05, 0) is 54.8 Å². The number of carbonyl (C=O) groups excluding carboxylic acids is 3. The van der Waals surface area contributed by atoms with Gasteiger partial charge in [0.1, 0.15) is 11.4 Å². The van der Waals surface area contributed by atoms with Crippen molar-refractivity contribution in [3.8, 4) is 11.5 Å². The smallest absolute Gasteiger partial charge is 0.331 e. The minimum absolute atomic E-state index is 0.0285. The molecule has 0 aromatic heterocycles. The zero-order valence-electron chi connectivity index (χ0n) is 15.6. The van der Waals surface area contributed by atoms with Crippen LogP contribution in [0.5, 0.6) is 11.5 Å². The van der Waals surface area contributed by atoms with Gasteiger partial charge in [0.2, 0.25) is 0 Å². The molecule has 0 atom stereocenters. The van der Waals surface area contributed by atoms with Crippen LogP contribution in [-0.4, -0.2) is 41.0 Å². The fraction of sp³-hybridized carbons (Fsp3) is 0.190. The van der Waals surface area contributed by atoms with Crippen LogP contribution in [0.1, 0.15) is 18.1 Å². The molecule has 1 fully saturated rings. The van der Waals surface area contributed by atoms with Crippen molar-refractivity contribution in [1.82, 2.24) is 10.2 Å². The van der Waals surface area contributed by atoms with Crippen LogP contribution in [-0.2, 0) is 16.0 Å². The average Bonchev–Trinajstić information content (AvgIpc) is 2.69. The summed E-state index contributed by atoms with van der Waals surface area (Å²) in [6.45, 7) is 2.12. The van der Waals surface area contributed by atoms with Crippen molar-refractivity contribution in [2.75, 3.05) is 13.2 Å². The van der Waals surface area contributed by atoms with E-state index >= 15 is 0 Å². The molecule has 2 aromatic rings. The second kappa shape index (κ2) is 8.55. The number of phenols is 1. The normalized spacial score (nSPS) is 15.6. The Balaban J connectivity index is 1.81. The Kier molecular flexibility index (Phi) is 5.92. The average molecular weight is 398 g/mol. The van der Waals surface area contributed by atoms with Crippen molar-refractivity contribution in [2.24, 2.45) is 0 Å². The minimum atomic E-state index is -0.806. The molecule has 2 aromatic carbocycles. The van der Waals surface area contributed by atoms with E-state index in [1.54, 1.807) is 19.1 Å². The van der Waals surface area contributed by atoms with Gasteiger partial charge in [-0.15, -0.1) is 0 Å². The highest BCUT2D eigenvalue weighted by Crippen LogP contribution is 2.28. The van der Waals surface area contributed by atoms with Crippen molar-refractivity contribution in [1.29, 1.82) is 0 Å². The van der Waals surface area contributed by atoms with Crippen molar-refractivity contribution >= 4 is 23.9 Å². The number of barbiturate groups is 1. The van der Waals surface area contributed by atoms with Crippen molar-refractivity contribution in [3.05, 3.63) is 65.0 Å². The lowest BCUT2D eigenvalue weighted by atomic mass is 10.1. The molecule has 150 valence electrons. The number of rotatable bonds is 6. The number of benzene rings is 2. The van der Waals surface area contributed by atoms with Crippen LogP contribution < -0.4 is 10.1 Å². The molecule has 0 spiro atoms. The first kappa shape index (κ1) is 20.1. The third kappa shape index (κ3) is 4.60. The number of urea groups is 1. The van der Waals surface area contributed by atoms with Crippen LogP contribution in [0.25, 0.3) is 6.08 Å². The fourth-order valence-corrected chi connectivity index (χ4v) is 2.85. The number of hydrogen-bond donors (Lipinski definition) is 2. The summed E-state index contributed by atoms with van der Waals surface area (Å²) >= 11 is 0. The molecule has 0 aliphatic carbocycles. The molecule has 0 saturated carbocycles. The van der Waals surface area contributed by atoms with Crippen molar-refractivity contribution in [3.63, 3.8) is 0 Å². The van der Waals surface area contributed by atoms with E-state index in [4.69, 9.17) is 4.74 Å². The van der Waals surface area contributed by atoms with Gasteiger partial charge in [-0.2, -0.15) is 0 Å². The SMILES string of the molecule is CCOc1cc(C=C2C(=O)NC(=O)N(CCc3ccc(F)cc3)C2=O)ccc1O. The summed E-state index contributed by atoms with van der Waals surface area (Å²) in [4.78, 5) is 38.0. The number of carbonyl (C=O) groups is 3. The lowest BCUT2D eigenvalue weighted by Gasteiger charge is -2.26. The highest BCUT2D eigenvalue weighted by Gasteiger charge is 2.35. The molecule has 4 amide bonds. The molecular weight excluding hydrogens is 379 g/mol. The largest absolute Gasteiger partial charge is 0.504 e. The number of hydrogen-bond acceptors (Lipinski definition) is 5. The number of ether oxygens (including phenoxy) is 1. The Morgan fingerprint density at radius 1 is 1.14 bits per heavy atom. The number of nitrogens with zero attached hydrogens (tertiary/aromatic N) is 1. The summed E-state index contributed by atoms with van der Waals surface area (Å²) in [5.41, 5.74) is 0.990. The maximum Gasteiger partial charge on any atom is 0.331 e. The molecule has 1 aliphatic heterocycles. The molecule has 29 heavy (non-hydrogen) atoms. The molecule has 3 rings (SSSR count). The van der Waals surface area contributed by atoms with E-state index < -0.39 is 17.8 Å². The number of nitrogens with one attached hydrogen (secondary N) is 1. The number of halogens is 1. The molecule has 0 radical (unpaired) electrons. The van der Waals surface area contributed by atoms with Crippen LogP contribution in [0.2, 0.25) is 0 Å². The quantitative estimate of drug-likeness (QED) is 0.576. The minimum Gasteiger partial charge on any atom is -0.504 e. The lowest BCUT2D eigenvalue weighted by molar-refractivity contribution is -0.130. The Morgan fingerprint density at radius 3 is 2.55 bits per heavy atom. The van der Waals surface area contributed by atoms with Gasteiger partial charge < -0.3 is 9.84 Å². The van der Waals surface area contributed by atoms with Gasteiger partial charge in [0.15, 0.2) is 11.5 Å². The van der Waals surface area contributed by atoms with Gasteiger partial charge >= 0.3 is 6.03 Å². The van der Waals surface area contributed by atoms with Gasteiger partial charge in [0.05, 0.1) is 6.61 Å². The number of imide groups is 2. The van der Waals surface area contributed by atoms with Crippen LogP contribution >= 0.6 is 0 Å². The monoisotopic (exact) mass is 398 g/mol. The van der Waals surface area contributed by atoms with Crippen molar-refractivity contribution in [2.45, 2.75) is 13.3 Å². The Bertz CT molecular complexity index is 985. The first-order valence-corrected chi connectivity index (χ1v) is 8.98. The first-order chi connectivity index (χ1) is 13.9. The van der Waals surface area contributed by atoms with Gasteiger partial charge in [-0.3, -0.25) is 19.8 Å². The number of aromatic hydroxyl groups is 1. The summed E-state index contributed by atoms with van der Waals surface area (Å²) in [5, 5.41) is 11.9.